The van der Waals surface area contributed by atoms with Gasteiger partial charge in [0.15, 0.2) is 0 Å². The molecule has 2 N–H and O–H groups in total. The van der Waals surface area contributed by atoms with Crippen molar-refractivity contribution in [2.75, 3.05) is 6.61 Å². The lowest BCUT2D eigenvalue weighted by Crippen LogP contribution is -2.17. The Morgan fingerprint density at radius 3 is 2.94 bits per heavy atom. The Hall–Kier alpha value is -0.0700. The molecule has 1 atom stereocenters. The molecule has 1 unspecified atom stereocenters. The van der Waals surface area contributed by atoms with Gasteiger partial charge in [-0.1, -0.05) is 15.9 Å². The summed E-state index contributed by atoms with van der Waals surface area (Å²) < 4.78 is 7.60. The van der Waals surface area contributed by atoms with E-state index >= 15 is 0 Å². The second-order valence-corrected chi connectivity index (χ2v) is 5.91. The molecule has 0 spiro atoms. The summed E-state index contributed by atoms with van der Waals surface area (Å²) in [5.74, 6) is 0. The highest BCUT2D eigenvalue weighted by atomic mass is 127. The number of hydrogen-bond donors (Lipinski definition) is 1. The van der Waals surface area contributed by atoms with E-state index in [0.29, 0.717) is 0 Å². The zero-order valence-corrected chi connectivity index (χ0v) is 12.5. The summed E-state index contributed by atoms with van der Waals surface area (Å²) in [4.78, 5) is 0. The van der Waals surface area contributed by atoms with Crippen LogP contribution in [-0.4, -0.2) is 6.61 Å². The van der Waals surface area contributed by atoms with Crippen LogP contribution in [-0.2, 0) is 4.74 Å². The minimum absolute atomic E-state index is 0.0654. The lowest BCUT2D eigenvalue weighted by Gasteiger charge is -2.21. The fourth-order valence-corrected chi connectivity index (χ4v) is 2.77. The lowest BCUT2D eigenvalue weighted by atomic mass is 9.96. The van der Waals surface area contributed by atoms with Gasteiger partial charge in [0.25, 0.3) is 0 Å². The van der Waals surface area contributed by atoms with Gasteiger partial charge in [-0.3, -0.25) is 0 Å². The zero-order chi connectivity index (χ0) is 11.5. The van der Waals surface area contributed by atoms with Gasteiger partial charge in [-0.15, -0.1) is 0 Å². The fourth-order valence-electron chi connectivity index (χ4n) is 1.77. The van der Waals surface area contributed by atoms with Crippen molar-refractivity contribution < 1.29 is 4.74 Å². The van der Waals surface area contributed by atoms with Crippen LogP contribution in [0, 0.1) is 3.57 Å². The molecule has 86 valence electrons. The minimum Gasteiger partial charge on any atom is -0.501 e. The molecule has 4 heteroatoms. The van der Waals surface area contributed by atoms with Gasteiger partial charge < -0.3 is 10.5 Å². The molecule has 0 aliphatic carbocycles. The maximum Gasteiger partial charge on any atom is 0.0876 e. The van der Waals surface area contributed by atoms with E-state index in [1.54, 1.807) is 0 Å². The predicted octanol–water partition coefficient (Wildman–Crippen LogP) is 3.75. The van der Waals surface area contributed by atoms with Crippen molar-refractivity contribution in [3.63, 3.8) is 0 Å². The Morgan fingerprint density at radius 2 is 2.25 bits per heavy atom. The summed E-state index contributed by atoms with van der Waals surface area (Å²) in [6, 6.07) is 6.16. The van der Waals surface area contributed by atoms with E-state index in [0.717, 1.165) is 29.5 Å². The Morgan fingerprint density at radius 1 is 1.44 bits per heavy atom. The molecule has 0 radical (unpaired) electrons. The van der Waals surface area contributed by atoms with Crippen LogP contribution in [0.15, 0.2) is 34.5 Å². The summed E-state index contributed by atoms with van der Waals surface area (Å²) in [6.07, 6.45) is 3.90. The molecule has 2 rings (SSSR count). The van der Waals surface area contributed by atoms with Gasteiger partial charge in [0.1, 0.15) is 0 Å². The molecule has 16 heavy (non-hydrogen) atoms. The van der Waals surface area contributed by atoms with Crippen molar-refractivity contribution in [2.24, 2.45) is 5.73 Å². The zero-order valence-electron chi connectivity index (χ0n) is 8.75. The van der Waals surface area contributed by atoms with E-state index < -0.39 is 0 Å². The summed E-state index contributed by atoms with van der Waals surface area (Å²) in [5.41, 5.74) is 8.56. The first-order chi connectivity index (χ1) is 7.68. The molecule has 0 saturated carbocycles. The van der Waals surface area contributed by atoms with E-state index in [4.69, 9.17) is 10.5 Å². The van der Waals surface area contributed by atoms with Crippen molar-refractivity contribution in [2.45, 2.75) is 18.9 Å². The summed E-state index contributed by atoms with van der Waals surface area (Å²) in [7, 11) is 0. The minimum atomic E-state index is -0.0654. The number of hydrogen-bond acceptors (Lipinski definition) is 2. The molecular weight excluding hydrogens is 381 g/mol. The molecule has 1 aromatic carbocycles. The SMILES string of the molecule is NC(C1=COCCC1)c1cc(I)ccc1Br. The predicted molar refractivity (Wildman–Crippen MR) is 77.1 cm³/mol. The molecule has 0 bridgehead atoms. The van der Waals surface area contributed by atoms with Crippen LogP contribution in [0.3, 0.4) is 0 Å². The fraction of sp³-hybridized carbons (Fsp3) is 0.333. The maximum absolute atomic E-state index is 6.26. The van der Waals surface area contributed by atoms with E-state index in [1.807, 2.05) is 12.3 Å². The van der Waals surface area contributed by atoms with Crippen LogP contribution in [0.25, 0.3) is 0 Å². The lowest BCUT2D eigenvalue weighted by molar-refractivity contribution is 0.221. The molecule has 1 aliphatic heterocycles. The van der Waals surface area contributed by atoms with Crippen LogP contribution in [0.5, 0.6) is 0 Å². The number of rotatable bonds is 2. The Balaban J connectivity index is 2.29. The second kappa shape index (κ2) is 5.51. The van der Waals surface area contributed by atoms with Gasteiger partial charge in [0, 0.05) is 8.04 Å². The summed E-state index contributed by atoms with van der Waals surface area (Å²) in [5, 5.41) is 0. The van der Waals surface area contributed by atoms with E-state index in [9.17, 15) is 0 Å². The Labute approximate surface area is 118 Å². The third-order valence-corrected chi connectivity index (χ3v) is 4.05. The third-order valence-electron chi connectivity index (χ3n) is 2.65. The monoisotopic (exact) mass is 393 g/mol. The third kappa shape index (κ3) is 2.78. The molecule has 0 aromatic heterocycles. The molecule has 0 amide bonds. The van der Waals surface area contributed by atoms with Crippen molar-refractivity contribution >= 4 is 38.5 Å². The van der Waals surface area contributed by atoms with Crippen molar-refractivity contribution in [3.05, 3.63) is 43.6 Å². The van der Waals surface area contributed by atoms with Crippen LogP contribution in [0.1, 0.15) is 24.4 Å². The van der Waals surface area contributed by atoms with E-state index in [-0.39, 0.29) is 6.04 Å². The van der Waals surface area contributed by atoms with Gasteiger partial charge in [-0.25, -0.2) is 0 Å². The van der Waals surface area contributed by atoms with E-state index in [2.05, 4.69) is 50.7 Å². The van der Waals surface area contributed by atoms with Crippen molar-refractivity contribution in [1.82, 2.24) is 0 Å². The number of halogens is 2. The van der Waals surface area contributed by atoms with Crippen molar-refractivity contribution in [1.29, 1.82) is 0 Å². The molecule has 1 heterocycles. The highest BCUT2D eigenvalue weighted by molar-refractivity contribution is 14.1. The maximum atomic E-state index is 6.26. The van der Waals surface area contributed by atoms with Gasteiger partial charge in [0.05, 0.1) is 18.9 Å². The first kappa shape index (κ1) is 12.4. The van der Waals surface area contributed by atoms with Crippen LogP contribution >= 0.6 is 38.5 Å². The normalized spacial score (nSPS) is 17.6. The second-order valence-electron chi connectivity index (χ2n) is 3.81. The highest BCUT2D eigenvalue weighted by Gasteiger charge is 2.17. The topological polar surface area (TPSA) is 35.2 Å². The van der Waals surface area contributed by atoms with E-state index in [1.165, 1.54) is 9.14 Å². The van der Waals surface area contributed by atoms with Crippen molar-refractivity contribution in [3.8, 4) is 0 Å². The van der Waals surface area contributed by atoms with Gasteiger partial charge >= 0.3 is 0 Å². The first-order valence-electron chi connectivity index (χ1n) is 5.19. The first-order valence-corrected chi connectivity index (χ1v) is 7.07. The van der Waals surface area contributed by atoms with Gasteiger partial charge in [0.2, 0.25) is 0 Å². The average Bonchev–Trinajstić information content (AvgIpc) is 2.32. The Bertz CT molecular complexity index is 419. The molecule has 1 aromatic rings. The molecular formula is C12H13BrINO. The molecule has 0 saturated heterocycles. The van der Waals surface area contributed by atoms with Gasteiger partial charge in [-0.2, -0.15) is 0 Å². The standard InChI is InChI=1S/C12H13BrINO/c13-11-4-3-9(14)6-10(11)12(15)8-2-1-5-16-7-8/h3-4,6-7,12H,1-2,5,15H2. The quantitative estimate of drug-likeness (QED) is 0.776. The molecule has 0 fully saturated rings. The van der Waals surface area contributed by atoms with Crippen LogP contribution in [0.2, 0.25) is 0 Å². The number of ether oxygens (including phenoxy) is 1. The summed E-state index contributed by atoms with van der Waals surface area (Å²) >= 11 is 5.85. The smallest absolute Gasteiger partial charge is 0.0876 e. The number of nitrogens with two attached hydrogens (primary N) is 1. The molecule has 2 nitrogen and oxygen atoms in total. The highest BCUT2D eigenvalue weighted by Crippen LogP contribution is 2.31. The van der Waals surface area contributed by atoms with Crippen LogP contribution < -0.4 is 5.73 Å². The number of benzene rings is 1. The largest absolute Gasteiger partial charge is 0.501 e. The van der Waals surface area contributed by atoms with Crippen LogP contribution in [0.4, 0.5) is 0 Å². The molecule has 1 aliphatic rings. The average molecular weight is 394 g/mol. The Kier molecular flexibility index (Phi) is 4.27. The van der Waals surface area contributed by atoms with Gasteiger partial charge in [-0.05, 0) is 64.8 Å². The summed E-state index contributed by atoms with van der Waals surface area (Å²) in [6.45, 7) is 0.809.